The van der Waals surface area contributed by atoms with Crippen molar-refractivity contribution in [3.05, 3.63) is 84.4 Å². The van der Waals surface area contributed by atoms with E-state index in [2.05, 4.69) is 5.32 Å². The van der Waals surface area contributed by atoms with Crippen molar-refractivity contribution in [3.63, 3.8) is 0 Å². The van der Waals surface area contributed by atoms with E-state index in [0.717, 1.165) is 18.2 Å². The molecule has 0 aliphatic heterocycles. The molecule has 2 atom stereocenters. The highest BCUT2D eigenvalue weighted by Crippen LogP contribution is 2.26. The molecule has 1 N–H and O–H groups in total. The fourth-order valence-electron chi connectivity index (χ4n) is 2.68. The SMILES string of the molecule is CCOC(=O)NCC(Oc1ccc(Oc2cc(F)cc(F)c2)cc1)S(=O)c1ccccc1. The molecule has 1 amide bonds. The topological polar surface area (TPSA) is 73.9 Å². The first kappa shape index (κ1) is 23.2. The van der Waals surface area contributed by atoms with Crippen molar-refractivity contribution >= 4 is 16.9 Å². The van der Waals surface area contributed by atoms with Crippen LogP contribution in [0.4, 0.5) is 13.6 Å². The van der Waals surface area contributed by atoms with Crippen LogP contribution in [0.3, 0.4) is 0 Å². The molecule has 0 spiro atoms. The maximum absolute atomic E-state index is 13.3. The van der Waals surface area contributed by atoms with Crippen molar-refractivity contribution in [2.24, 2.45) is 0 Å². The Bertz CT molecular complexity index is 1040. The van der Waals surface area contributed by atoms with Gasteiger partial charge < -0.3 is 19.5 Å². The van der Waals surface area contributed by atoms with Crippen molar-refractivity contribution in [2.75, 3.05) is 13.2 Å². The number of hydrogen-bond donors (Lipinski definition) is 1. The Morgan fingerprint density at radius 2 is 1.56 bits per heavy atom. The Kier molecular flexibility index (Phi) is 8.15. The Morgan fingerprint density at radius 1 is 0.938 bits per heavy atom. The third kappa shape index (κ3) is 6.78. The predicted octanol–water partition coefficient (Wildman–Crippen LogP) is 5.02. The molecule has 3 aromatic rings. The molecular formula is C23H21F2NO5S. The van der Waals surface area contributed by atoms with E-state index in [1.807, 2.05) is 0 Å². The lowest BCUT2D eigenvalue weighted by molar-refractivity contribution is 0.148. The van der Waals surface area contributed by atoms with Crippen LogP contribution >= 0.6 is 0 Å². The van der Waals surface area contributed by atoms with Crippen LogP contribution in [0.2, 0.25) is 0 Å². The Morgan fingerprint density at radius 3 is 2.19 bits per heavy atom. The molecule has 0 fully saturated rings. The summed E-state index contributed by atoms with van der Waals surface area (Å²) < 4.78 is 55.8. The average molecular weight is 461 g/mol. The van der Waals surface area contributed by atoms with Gasteiger partial charge in [0.15, 0.2) is 5.44 Å². The second kappa shape index (κ2) is 11.2. The lowest BCUT2D eigenvalue weighted by Gasteiger charge is -2.19. The van der Waals surface area contributed by atoms with Crippen LogP contribution in [0.15, 0.2) is 77.7 Å². The number of amides is 1. The molecule has 2 unspecified atom stereocenters. The van der Waals surface area contributed by atoms with Gasteiger partial charge in [0.25, 0.3) is 0 Å². The molecule has 168 valence electrons. The first-order valence-corrected chi connectivity index (χ1v) is 10.9. The van der Waals surface area contributed by atoms with Crippen molar-refractivity contribution in [2.45, 2.75) is 17.3 Å². The third-order valence-corrected chi connectivity index (χ3v) is 5.54. The molecular weight excluding hydrogens is 440 g/mol. The molecule has 9 heteroatoms. The number of hydrogen-bond acceptors (Lipinski definition) is 5. The number of benzene rings is 3. The monoisotopic (exact) mass is 461 g/mol. The van der Waals surface area contributed by atoms with E-state index in [4.69, 9.17) is 14.2 Å². The van der Waals surface area contributed by atoms with E-state index in [1.54, 1.807) is 61.5 Å². The molecule has 0 aliphatic carbocycles. The quantitative estimate of drug-likeness (QED) is 0.485. The summed E-state index contributed by atoms with van der Waals surface area (Å²) in [7, 11) is -1.59. The molecule has 0 bridgehead atoms. The molecule has 3 rings (SSSR count). The van der Waals surface area contributed by atoms with Gasteiger partial charge in [0.05, 0.1) is 24.0 Å². The minimum absolute atomic E-state index is 0.0119. The van der Waals surface area contributed by atoms with E-state index < -0.39 is 34.0 Å². The van der Waals surface area contributed by atoms with Crippen LogP contribution in [0.1, 0.15) is 6.92 Å². The summed E-state index contributed by atoms with van der Waals surface area (Å²) >= 11 is 0. The van der Waals surface area contributed by atoms with E-state index in [1.165, 1.54) is 0 Å². The predicted molar refractivity (Wildman–Crippen MR) is 115 cm³/mol. The summed E-state index contributed by atoms with van der Waals surface area (Å²) in [6, 6.07) is 17.8. The minimum atomic E-state index is -1.59. The second-order valence-electron chi connectivity index (χ2n) is 6.44. The van der Waals surface area contributed by atoms with Gasteiger partial charge in [-0.25, -0.2) is 13.6 Å². The zero-order chi connectivity index (χ0) is 22.9. The molecule has 0 saturated heterocycles. The molecule has 0 heterocycles. The highest BCUT2D eigenvalue weighted by Gasteiger charge is 2.22. The first-order chi connectivity index (χ1) is 15.4. The molecule has 3 aromatic carbocycles. The number of ether oxygens (including phenoxy) is 3. The summed E-state index contributed by atoms with van der Waals surface area (Å²) in [5, 5.41) is 2.53. The summed E-state index contributed by atoms with van der Waals surface area (Å²) in [4.78, 5) is 12.2. The smallest absolute Gasteiger partial charge is 0.407 e. The number of alkyl carbamates (subject to hydrolysis) is 1. The van der Waals surface area contributed by atoms with Crippen LogP contribution in [-0.2, 0) is 15.5 Å². The lowest BCUT2D eigenvalue weighted by atomic mass is 10.3. The van der Waals surface area contributed by atoms with Gasteiger partial charge in [-0.2, -0.15) is 0 Å². The van der Waals surface area contributed by atoms with E-state index in [9.17, 15) is 17.8 Å². The highest BCUT2D eigenvalue weighted by atomic mass is 32.2. The van der Waals surface area contributed by atoms with Crippen molar-refractivity contribution in [1.82, 2.24) is 5.32 Å². The Labute approximate surface area is 186 Å². The second-order valence-corrected chi connectivity index (χ2v) is 8.03. The third-order valence-electron chi connectivity index (χ3n) is 4.07. The molecule has 6 nitrogen and oxygen atoms in total. The minimum Gasteiger partial charge on any atom is -0.475 e. The maximum atomic E-state index is 13.3. The van der Waals surface area contributed by atoms with Crippen LogP contribution < -0.4 is 14.8 Å². The van der Waals surface area contributed by atoms with Gasteiger partial charge in [-0.15, -0.1) is 0 Å². The van der Waals surface area contributed by atoms with Gasteiger partial charge in [0.1, 0.15) is 28.9 Å². The zero-order valence-electron chi connectivity index (χ0n) is 17.1. The number of halogens is 2. The van der Waals surface area contributed by atoms with Gasteiger partial charge in [-0.3, -0.25) is 4.21 Å². The van der Waals surface area contributed by atoms with Crippen LogP contribution in [0, 0.1) is 11.6 Å². The Hall–Kier alpha value is -3.46. The van der Waals surface area contributed by atoms with Crippen LogP contribution in [0.25, 0.3) is 0 Å². The molecule has 32 heavy (non-hydrogen) atoms. The van der Waals surface area contributed by atoms with Gasteiger partial charge >= 0.3 is 6.09 Å². The summed E-state index contributed by atoms with van der Waals surface area (Å²) in [6.07, 6.45) is -0.641. The lowest BCUT2D eigenvalue weighted by Crippen LogP contribution is -2.38. The molecule has 0 aromatic heterocycles. The number of nitrogens with one attached hydrogen (secondary N) is 1. The fourth-order valence-corrected chi connectivity index (χ4v) is 3.84. The standard InChI is InChI=1S/C23H21F2NO5S/c1-2-29-23(27)26-15-22(32(28)21-6-4-3-5-7-21)31-19-10-8-18(9-11-19)30-20-13-16(24)12-17(25)14-20/h3-14,22H,2,15H2,1H3,(H,26,27). The number of carbonyl (C=O) groups is 1. The molecule has 0 saturated carbocycles. The Balaban J connectivity index is 1.71. The largest absolute Gasteiger partial charge is 0.475 e. The van der Waals surface area contributed by atoms with Gasteiger partial charge in [0, 0.05) is 23.1 Å². The maximum Gasteiger partial charge on any atom is 0.407 e. The molecule has 0 aliphatic rings. The van der Waals surface area contributed by atoms with E-state index in [0.29, 0.717) is 16.4 Å². The summed E-state index contributed by atoms with van der Waals surface area (Å²) in [5.74, 6) is -0.797. The van der Waals surface area contributed by atoms with Gasteiger partial charge in [0.2, 0.25) is 0 Å². The zero-order valence-corrected chi connectivity index (χ0v) is 17.9. The highest BCUT2D eigenvalue weighted by molar-refractivity contribution is 7.85. The normalized spacial score (nSPS) is 12.5. The van der Waals surface area contributed by atoms with Crippen molar-refractivity contribution < 1.29 is 32.0 Å². The van der Waals surface area contributed by atoms with Gasteiger partial charge in [-0.1, -0.05) is 18.2 Å². The molecule has 0 radical (unpaired) electrons. The van der Waals surface area contributed by atoms with Gasteiger partial charge in [-0.05, 0) is 43.3 Å². The fraction of sp³-hybridized carbons (Fsp3) is 0.174. The van der Waals surface area contributed by atoms with Crippen molar-refractivity contribution in [3.8, 4) is 17.2 Å². The first-order valence-electron chi connectivity index (χ1n) is 9.71. The number of carbonyl (C=O) groups excluding carboxylic acids is 1. The summed E-state index contributed by atoms with van der Waals surface area (Å²) in [6.45, 7) is 1.83. The van der Waals surface area contributed by atoms with Crippen LogP contribution in [0.5, 0.6) is 17.2 Å². The van der Waals surface area contributed by atoms with Crippen molar-refractivity contribution in [1.29, 1.82) is 0 Å². The average Bonchev–Trinajstić information content (AvgIpc) is 2.77. The number of rotatable bonds is 9. The van der Waals surface area contributed by atoms with E-state index in [-0.39, 0.29) is 18.9 Å². The summed E-state index contributed by atoms with van der Waals surface area (Å²) in [5.41, 5.74) is -0.897. The van der Waals surface area contributed by atoms with E-state index >= 15 is 0 Å². The van der Waals surface area contributed by atoms with Crippen LogP contribution in [-0.4, -0.2) is 28.9 Å².